The zero-order chi connectivity index (χ0) is 75.1. The number of aliphatic hydroxyl groups excluding tert-OH is 1. The van der Waals surface area contributed by atoms with Crippen LogP contribution in [-0.2, 0) is 62.3 Å². The third-order valence-electron chi connectivity index (χ3n) is 18.0. The number of carboxylic acids is 1. The van der Waals surface area contributed by atoms with E-state index >= 15 is 28.8 Å². The van der Waals surface area contributed by atoms with Crippen LogP contribution in [0.3, 0.4) is 0 Å². The molecule has 28 heteroatoms. The first-order chi connectivity index (χ1) is 44.8. The Balaban J connectivity index is 4.61. The molecule has 7 N–H and O–H groups in total. The number of nitrogens with zero attached hydrogens (tertiary/aromatic N) is 7. The van der Waals surface area contributed by atoms with Crippen molar-refractivity contribution in [3.8, 4) is 0 Å². The molecule has 0 aromatic rings. The quantitative estimate of drug-likeness (QED) is 0.0570. The van der Waals surface area contributed by atoms with Gasteiger partial charge in [0.1, 0.15) is 66.5 Å². The lowest BCUT2D eigenvalue weighted by atomic mass is 9.91. The van der Waals surface area contributed by atoms with Crippen molar-refractivity contribution >= 4 is 89.5 Å². The Morgan fingerprint density at radius 1 is 0.495 bits per heavy atom. The topological polar surface area (TPSA) is 345 Å². The summed E-state index contributed by atoms with van der Waals surface area (Å²) in [4.78, 5) is 197. The summed E-state index contributed by atoms with van der Waals surface area (Å²) in [6, 6.07) is -14.8. The van der Waals surface area contributed by atoms with Crippen molar-refractivity contribution in [1.82, 2.24) is 60.9 Å². The monoisotopic (exact) mass is 1390 g/mol. The lowest BCUT2D eigenvalue weighted by molar-refractivity contribution is -0.157. The average molecular weight is 1390 g/mol. The molecule has 554 valence electrons. The highest BCUT2D eigenvalue weighted by Gasteiger charge is 2.47. The fourth-order valence-corrected chi connectivity index (χ4v) is 12.5. The fraction of sp³-hybridized carbons (Fsp3) is 0.783. The Morgan fingerprint density at radius 2 is 0.907 bits per heavy atom. The van der Waals surface area contributed by atoms with Crippen LogP contribution < -0.4 is 26.6 Å². The summed E-state index contributed by atoms with van der Waals surface area (Å²) < 4.78 is 0. The maximum Gasteiger partial charge on any atom is 0.303 e. The molecule has 0 radical (unpaired) electrons. The Bertz CT molecular complexity index is 2730. The second-order valence-electron chi connectivity index (χ2n) is 28.8. The van der Waals surface area contributed by atoms with Gasteiger partial charge in [-0.3, -0.25) is 62.3 Å². The van der Waals surface area contributed by atoms with Gasteiger partial charge in [-0.2, -0.15) is 12.6 Å². The lowest BCUT2D eigenvalue weighted by Gasteiger charge is -2.42. The number of carboxylic acid groups (broad SMARTS) is 1. The standard InChI is InChI=1S/C69H122N12O15S/c1-25-27-28-43(15)58(85)57-62(89)73-46(26-2)64(91)80(23)56(51(97)31-32-70-52(82)29-30-53(83)84)69(96)76(19)48(34-38(5)6)61(88)74-54(41(11)12)67(94)75(18)47(33-37(3)4)60(87)71-44(16)59(86)72-45(17)63(90)77(20)49(35-39(7)8)65(92)78(21)50(36-40(9)10)66(93)79(22)55(42(13)14)68(95)81(57)24/h25,27,37-51,54-58,85,97H,26,28-36H2,1-24H3,(H,70,82)(H,71,87)(H,72,86)(H,73,89)(H,74,88)(H,83,84)/b27-25+/t43-,44+,45-,46+,47+,48+,49+,50+,51?,54+,55+,56?,57?,58-/m1/s1. The summed E-state index contributed by atoms with van der Waals surface area (Å²) in [5, 5.41) is 34.0. The van der Waals surface area contributed by atoms with E-state index in [9.17, 15) is 43.8 Å². The van der Waals surface area contributed by atoms with Crippen LogP contribution in [0.15, 0.2) is 12.2 Å². The molecular weight excluding hydrogens is 1270 g/mol. The molecule has 1 fully saturated rings. The number of allylic oxidation sites excluding steroid dienone is 2. The molecule has 0 spiro atoms. The van der Waals surface area contributed by atoms with Crippen molar-refractivity contribution < 1.29 is 72.5 Å². The fourth-order valence-electron chi connectivity index (χ4n) is 12.0. The summed E-state index contributed by atoms with van der Waals surface area (Å²) >= 11 is 4.86. The van der Waals surface area contributed by atoms with Crippen LogP contribution in [-0.4, -0.2) is 255 Å². The molecule has 1 aliphatic rings. The second kappa shape index (κ2) is 40.9. The zero-order valence-corrected chi connectivity index (χ0v) is 63.4. The molecule has 0 aliphatic carbocycles. The van der Waals surface area contributed by atoms with Crippen molar-refractivity contribution in [2.24, 2.45) is 41.4 Å². The minimum absolute atomic E-state index is 0.0207. The molecule has 97 heavy (non-hydrogen) atoms. The molecule has 0 bridgehead atoms. The molecule has 27 nitrogen and oxygen atoms in total. The van der Waals surface area contributed by atoms with Gasteiger partial charge in [0.05, 0.1) is 12.5 Å². The molecule has 3 unspecified atom stereocenters. The zero-order valence-electron chi connectivity index (χ0n) is 62.6. The van der Waals surface area contributed by atoms with Gasteiger partial charge in [-0.15, -0.1) is 0 Å². The molecule has 0 aromatic heterocycles. The number of amides is 12. The molecule has 1 aliphatic heterocycles. The molecule has 14 atom stereocenters. The maximum absolute atomic E-state index is 15.5. The molecule has 1 saturated heterocycles. The number of aliphatic hydroxyl groups is 1. The molecule has 12 amide bonds. The lowest BCUT2D eigenvalue weighted by Crippen LogP contribution is -2.64. The van der Waals surface area contributed by atoms with Crippen LogP contribution in [0.5, 0.6) is 0 Å². The van der Waals surface area contributed by atoms with E-state index in [-0.39, 0.29) is 81.6 Å². The number of carbonyl (C=O) groups is 13. The smallest absolute Gasteiger partial charge is 0.303 e. The van der Waals surface area contributed by atoms with E-state index in [4.69, 9.17) is 12.6 Å². The number of carbonyl (C=O) groups excluding carboxylic acids is 12. The van der Waals surface area contributed by atoms with Gasteiger partial charge in [-0.1, -0.05) is 109 Å². The summed E-state index contributed by atoms with van der Waals surface area (Å²) in [6.07, 6.45) is 1.51. The predicted molar refractivity (Wildman–Crippen MR) is 375 cm³/mol. The van der Waals surface area contributed by atoms with Gasteiger partial charge in [0, 0.05) is 67.5 Å². The predicted octanol–water partition coefficient (Wildman–Crippen LogP) is 3.31. The number of rotatable bonds is 22. The van der Waals surface area contributed by atoms with Crippen molar-refractivity contribution in [2.75, 3.05) is 55.9 Å². The molecular formula is C69H122N12O15S. The van der Waals surface area contributed by atoms with Crippen LogP contribution in [0.1, 0.15) is 175 Å². The Kier molecular flexibility index (Phi) is 37.2. The maximum atomic E-state index is 15.5. The van der Waals surface area contributed by atoms with Crippen molar-refractivity contribution in [1.29, 1.82) is 0 Å². The molecule has 1 rings (SSSR count). The van der Waals surface area contributed by atoms with Crippen LogP contribution >= 0.6 is 12.6 Å². The van der Waals surface area contributed by atoms with E-state index in [1.165, 1.54) is 82.8 Å². The second-order valence-corrected chi connectivity index (χ2v) is 29.5. The summed E-state index contributed by atoms with van der Waals surface area (Å²) in [5.74, 6) is -12.9. The minimum Gasteiger partial charge on any atom is -0.481 e. The molecule has 1 heterocycles. The first kappa shape index (κ1) is 88.2. The van der Waals surface area contributed by atoms with Gasteiger partial charge >= 0.3 is 5.97 Å². The van der Waals surface area contributed by atoms with Crippen molar-refractivity contribution in [3.63, 3.8) is 0 Å². The molecule has 0 saturated carbocycles. The van der Waals surface area contributed by atoms with E-state index in [1.807, 2.05) is 55.4 Å². The van der Waals surface area contributed by atoms with Crippen molar-refractivity contribution in [2.45, 2.75) is 253 Å². The van der Waals surface area contributed by atoms with Crippen LogP contribution in [0, 0.1) is 41.4 Å². The highest BCUT2D eigenvalue weighted by molar-refractivity contribution is 7.81. The number of thiol groups is 1. The summed E-state index contributed by atoms with van der Waals surface area (Å²) in [7, 11) is 9.63. The Hall–Kier alpha value is -6.84. The SMILES string of the molecule is C/C=C/C[C@@H](C)[C@@H](O)C1C(=O)N[C@@H](CC)C(=O)N(C)C(C(S)CCNC(=O)CCC(=O)O)C(=O)N(C)[C@@H](CC(C)C)C(=O)N[C@@H](C(C)C)C(=O)N(C)[C@@H](CC(C)C)C(=O)N[C@@H](C)C(=O)N[C@H](C)C(=O)N(C)[C@@H](CC(C)C)C(=O)N(C)[C@@H](CC(C)C)C(=O)N(C)[C@@H](C(C)C)C(=O)N1C. The van der Waals surface area contributed by atoms with E-state index < -0.39 is 179 Å². The van der Waals surface area contributed by atoms with Crippen molar-refractivity contribution in [3.05, 3.63) is 12.2 Å². The minimum atomic E-state index is -1.72. The van der Waals surface area contributed by atoms with Gasteiger partial charge in [-0.05, 0) is 107 Å². The van der Waals surface area contributed by atoms with Gasteiger partial charge in [-0.25, -0.2) is 0 Å². The number of nitrogens with one attached hydrogen (secondary N) is 5. The summed E-state index contributed by atoms with van der Waals surface area (Å²) in [6.45, 7) is 29.2. The number of likely N-dealkylation sites (N-methyl/N-ethyl adjacent to an activating group) is 7. The summed E-state index contributed by atoms with van der Waals surface area (Å²) in [5.41, 5.74) is 0. The number of hydrogen-bond acceptors (Lipinski definition) is 15. The van der Waals surface area contributed by atoms with E-state index in [0.717, 1.165) is 14.7 Å². The number of aliphatic carboxylic acids is 1. The first-order valence-electron chi connectivity index (χ1n) is 34.4. The normalized spacial score (nSPS) is 26.0. The Morgan fingerprint density at radius 3 is 1.36 bits per heavy atom. The largest absolute Gasteiger partial charge is 0.481 e. The van der Waals surface area contributed by atoms with E-state index in [2.05, 4.69) is 26.6 Å². The van der Waals surface area contributed by atoms with E-state index in [1.54, 1.807) is 60.6 Å². The van der Waals surface area contributed by atoms with Gasteiger partial charge in [0.25, 0.3) is 0 Å². The third-order valence-corrected chi connectivity index (χ3v) is 18.5. The average Bonchev–Trinajstić information content (AvgIpc) is 0.827. The third kappa shape index (κ3) is 25.8. The highest BCUT2D eigenvalue weighted by atomic mass is 32.1. The van der Waals surface area contributed by atoms with Crippen LogP contribution in [0.4, 0.5) is 0 Å². The van der Waals surface area contributed by atoms with Gasteiger partial charge in [0.2, 0.25) is 70.9 Å². The highest BCUT2D eigenvalue weighted by Crippen LogP contribution is 2.27. The first-order valence-corrected chi connectivity index (χ1v) is 34.9. The van der Waals surface area contributed by atoms with Gasteiger partial charge < -0.3 is 71.1 Å². The van der Waals surface area contributed by atoms with Gasteiger partial charge in [0.15, 0.2) is 0 Å². The Labute approximate surface area is 583 Å². The van der Waals surface area contributed by atoms with E-state index in [0.29, 0.717) is 0 Å². The number of hydrogen-bond donors (Lipinski definition) is 8. The molecule has 0 aromatic carbocycles. The van der Waals surface area contributed by atoms with Crippen LogP contribution in [0.2, 0.25) is 0 Å². The van der Waals surface area contributed by atoms with Crippen LogP contribution in [0.25, 0.3) is 0 Å².